The van der Waals surface area contributed by atoms with Gasteiger partial charge in [-0.25, -0.2) is 12.7 Å². The van der Waals surface area contributed by atoms with E-state index in [4.69, 9.17) is 10.5 Å². The highest BCUT2D eigenvalue weighted by Gasteiger charge is 2.24. The van der Waals surface area contributed by atoms with E-state index in [1.807, 2.05) is 24.3 Å². The molecular weight excluding hydrogens is 308 g/mol. The molecule has 21 heavy (non-hydrogen) atoms. The fourth-order valence-electron chi connectivity index (χ4n) is 2.17. The van der Waals surface area contributed by atoms with Gasteiger partial charge in [0.1, 0.15) is 0 Å². The van der Waals surface area contributed by atoms with Crippen LogP contribution in [0.1, 0.15) is 12.8 Å². The van der Waals surface area contributed by atoms with Crippen LogP contribution in [0.5, 0.6) is 0 Å². The average molecular weight is 330 g/mol. The third-order valence-corrected chi connectivity index (χ3v) is 6.54. The lowest BCUT2D eigenvalue weighted by molar-refractivity contribution is 0.0979. The van der Waals surface area contributed by atoms with Crippen molar-refractivity contribution in [2.45, 2.75) is 23.8 Å². The van der Waals surface area contributed by atoms with Gasteiger partial charge in [-0.2, -0.15) is 0 Å². The van der Waals surface area contributed by atoms with Crippen molar-refractivity contribution in [2.75, 3.05) is 37.4 Å². The molecule has 1 heterocycles. The first-order valence-electron chi connectivity index (χ1n) is 7.01. The van der Waals surface area contributed by atoms with Crippen LogP contribution in [0, 0.1) is 0 Å². The van der Waals surface area contributed by atoms with E-state index in [0.29, 0.717) is 18.0 Å². The van der Waals surface area contributed by atoms with E-state index >= 15 is 0 Å². The molecule has 118 valence electrons. The molecule has 0 saturated carbocycles. The Morgan fingerprint density at radius 1 is 1.38 bits per heavy atom. The number of likely N-dealkylation sites (N-methyl/N-ethyl adjacent to an activating group) is 1. The van der Waals surface area contributed by atoms with Crippen LogP contribution in [0.15, 0.2) is 29.2 Å². The fourth-order valence-corrected chi connectivity index (χ4v) is 4.62. The standard InChI is InChI=1S/C14H22N2O3S2/c1-16(11-13-3-2-8-19-13)21(17,18)10-9-20-14-6-4-12(15)5-7-14/h4-7,13H,2-3,8-11,15H2,1H3. The zero-order valence-electron chi connectivity index (χ0n) is 12.2. The van der Waals surface area contributed by atoms with Crippen LogP contribution in [-0.2, 0) is 14.8 Å². The molecule has 1 unspecified atom stereocenters. The van der Waals surface area contributed by atoms with Crippen molar-refractivity contribution in [3.05, 3.63) is 24.3 Å². The maximum atomic E-state index is 12.2. The zero-order chi connectivity index (χ0) is 15.3. The number of nitrogen functional groups attached to an aromatic ring is 1. The van der Waals surface area contributed by atoms with Gasteiger partial charge in [0, 0.05) is 36.5 Å². The summed E-state index contributed by atoms with van der Waals surface area (Å²) in [6, 6.07) is 7.45. The number of hydrogen-bond acceptors (Lipinski definition) is 5. The molecule has 1 aromatic carbocycles. The summed E-state index contributed by atoms with van der Waals surface area (Å²) in [6.45, 7) is 1.19. The van der Waals surface area contributed by atoms with Crippen molar-refractivity contribution < 1.29 is 13.2 Å². The van der Waals surface area contributed by atoms with Gasteiger partial charge >= 0.3 is 0 Å². The number of sulfonamides is 1. The molecule has 1 atom stereocenters. The van der Waals surface area contributed by atoms with E-state index in [1.165, 1.54) is 16.1 Å². The van der Waals surface area contributed by atoms with Crippen molar-refractivity contribution in [1.29, 1.82) is 0 Å². The quantitative estimate of drug-likeness (QED) is 0.610. The van der Waals surface area contributed by atoms with Gasteiger partial charge in [-0.05, 0) is 37.1 Å². The smallest absolute Gasteiger partial charge is 0.214 e. The lowest BCUT2D eigenvalue weighted by atomic mass is 10.2. The Kier molecular flexibility index (Phi) is 5.92. The van der Waals surface area contributed by atoms with Crippen LogP contribution in [0.25, 0.3) is 0 Å². The summed E-state index contributed by atoms with van der Waals surface area (Å²) in [5.74, 6) is 0.660. The lowest BCUT2D eigenvalue weighted by Crippen LogP contribution is -2.36. The number of anilines is 1. The van der Waals surface area contributed by atoms with Crippen molar-refractivity contribution in [3.8, 4) is 0 Å². The second kappa shape index (κ2) is 7.49. The molecule has 0 bridgehead atoms. The number of nitrogens with two attached hydrogens (primary N) is 1. The summed E-state index contributed by atoms with van der Waals surface area (Å²) in [4.78, 5) is 1.03. The molecule has 2 N–H and O–H groups in total. The molecule has 1 aromatic rings. The molecule has 2 rings (SSSR count). The second-order valence-corrected chi connectivity index (χ2v) is 8.51. The van der Waals surface area contributed by atoms with Gasteiger partial charge in [0.05, 0.1) is 11.9 Å². The molecule has 0 spiro atoms. The molecule has 5 nitrogen and oxygen atoms in total. The summed E-state index contributed by atoms with van der Waals surface area (Å²) in [5, 5.41) is 0. The Hall–Kier alpha value is -0.760. The highest BCUT2D eigenvalue weighted by Crippen LogP contribution is 2.20. The minimum absolute atomic E-state index is 0.0505. The monoisotopic (exact) mass is 330 g/mol. The first-order chi connectivity index (χ1) is 9.97. The molecule has 0 radical (unpaired) electrons. The second-order valence-electron chi connectivity index (χ2n) is 5.15. The van der Waals surface area contributed by atoms with E-state index in [0.717, 1.165) is 24.3 Å². The van der Waals surface area contributed by atoms with E-state index < -0.39 is 10.0 Å². The zero-order valence-corrected chi connectivity index (χ0v) is 13.8. The normalized spacial score (nSPS) is 19.2. The van der Waals surface area contributed by atoms with Crippen LogP contribution in [-0.4, -0.2) is 50.5 Å². The molecule has 1 fully saturated rings. The average Bonchev–Trinajstić information content (AvgIpc) is 2.94. The molecule has 0 aromatic heterocycles. The van der Waals surface area contributed by atoms with Crippen molar-refractivity contribution in [3.63, 3.8) is 0 Å². The highest BCUT2D eigenvalue weighted by atomic mass is 32.2. The third-order valence-electron chi connectivity index (χ3n) is 3.45. The van der Waals surface area contributed by atoms with E-state index in [1.54, 1.807) is 7.05 Å². The lowest BCUT2D eigenvalue weighted by Gasteiger charge is -2.20. The predicted octanol–water partition coefficient (Wildman–Crippen LogP) is 1.80. The Morgan fingerprint density at radius 3 is 2.71 bits per heavy atom. The number of ether oxygens (including phenoxy) is 1. The first-order valence-corrected chi connectivity index (χ1v) is 9.61. The largest absolute Gasteiger partial charge is 0.399 e. The molecule has 1 aliphatic heterocycles. The van der Waals surface area contributed by atoms with Gasteiger partial charge in [-0.15, -0.1) is 11.8 Å². The Morgan fingerprint density at radius 2 is 2.10 bits per heavy atom. The summed E-state index contributed by atoms with van der Waals surface area (Å²) >= 11 is 1.52. The molecule has 0 amide bonds. The number of thioether (sulfide) groups is 1. The minimum atomic E-state index is -3.22. The first kappa shape index (κ1) is 16.6. The summed E-state index contributed by atoms with van der Waals surface area (Å²) in [5.41, 5.74) is 6.33. The van der Waals surface area contributed by atoms with Gasteiger partial charge in [-0.3, -0.25) is 0 Å². The molecular formula is C14H22N2O3S2. The SMILES string of the molecule is CN(CC1CCCO1)S(=O)(=O)CCSc1ccc(N)cc1. The summed E-state index contributed by atoms with van der Waals surface area (Å²) < 4.78 is 31.3. The Labute approximate surface area is 130 Å². The number of nitrogens with zero attached hydrogens (tertiary/aromatic N) is 1. The van der Waals surface area contributed by atoms with Crippen molar-refractivity contribution in [2.24, 2.45) is 0 Å². The van der Waals surface area contributed by atoms with Crippen LogP contribution in [0.3, 0.4) is 0 Å². The molecule has 1 saturated heterocycles. The maximum Gasteiger partial charge on any atom is 0.214 e. The number of rotatable bonds is 7. The van der Waals surface area contributed by atoms with Crippen LogP contribution in [0.2, 0.25) is 0 Å². The Balaban J connectivity index is 1.78. The van der Waals surface area contributed by atoms with Gasteiger partial charge < -0.3 is 10.5 Å². The van der Waals surface area contributed by atoms with Crippen molar-refractivity contribution >= 4 is 27.5 Å². The molecule has 0 aliphatic carbocycles. The van der Waals surface area contributed by atoms with Crippen LogP contribution < -0.4 is 5.73 Å². The van der Waals surface area contributed by atoms with Gasteiger partial charge in [0.2, 0.25) is 10.0 Å². The fraction of sp³-hybridized carbons (Fsp3) is 0.571. The Bertz CT molecular complexity index is 540. The molecule has 7 heteroatoms. The number of hydrogen-bond donors (Lipinski definition) is 1. The van der Waals surface area contributed by atoms with Crippen LogP contribution in [0.4, 0.5) is 5.69 Å². The van der Waals surface area contributed by atoms with E-state index in [9.17, 15) is 8.42 Å². The van der Waals surface area contributed by atoms with Crippen LogP contribution >= 0.6 is 11.8 Å². The predicted molar refractivity (Wildman–Crippen MR) is 87.0 cm³/mol. The van der Waals surface area contributed by atoms with Crippen molar-refractivity contribution in [1.82, 2.24) is 4.31 Å². The number of benzene rings is 1. The van der Waals surface area contributed by atoms with E-state index in [2.05, 4.69) is 0 Å². The summed E-state index contributed by atoms with van der Waals surface area (Å²) in [7, 11) is -1.59. The van der Waals surface area contributed by atoms with Gasteiger partial charge in [0.25, 0.3) is 0 Å². The van der Waals surface area contributed by atoms with Gasteiger partial charge in [-0.1, -0.05) is 0 Å². The maximum absolute atomic E-state index is 12.2. The van der Waals surface area contributed by atoms with E-state index in [-0.39, 0.29) is 11.9 Å². The highest BCUT2D eigenvalue weighted by molar-refractivity contribution is 8.00. The topological polar surface area (TPSA) is 72.6 Å². The summed E-state index contributed by atoms with van der Waals surface area (Å²) in [6.07, 6.45) is 2.01. The third kappa shape index (κ3) is 5.18. The molecule has 1 aliphatic rings. The van der Waals surface area contributed by atoms with Gasteiger partial charge in [0.15, 0.2) is 0 Å². The minimum Gasteiger partial charge on any atom is -0.399 e.